The van der Waals surface area contributed by atoms with Crippen molar-refractivity contribution in [2.45, 2.75) is 45.7 Å². The van der Waals surface area contributed by atoms with E-state index in [1.807, 2.05) is 0 Å². The van der Waals surface area contributed by atoms with Crippen molar-refractivity contribution in [1.82, 2.24) is 15.1 Å². The van der Waals surface area contributed by atoms with Gasteiger partial charge in [0.2, 0.25) is 0 Å². The van der Waals surface area contributed by atoms with Crippen molar-refractivity contribution in [3.05, 3.63) is 0 Å². The van der Waals surface area contributed by atoms with Gasteiger partial charge in [-0.3, -0.25) is 4.90 Å². The maximum Gasteiger partial charge on any atom is 0.0192 e. The monoisotopic (exact) mass is 227 g/mol. The highest BCUT2D eigenvalue weighted by molar-refractivity contribution is 4.80. The van der Waals surface area contributed by atoms with Gasteiger partial charge in [0.15, 0.2) is 0 Å². The van der Waals surface area contributed by atoms with Gasteiger partial charge in [-0.05, 0) is 33.4 Å². The Morgan fingerprint density at radius 1 is 1.31 bits per heavy atom. The summed E-state index contributed by atoms with van der Waals surface area (Å²) in [5, 5.41) is 3.64. The summed E-state index contributed by atoms with van der Waals surface area (Å²) in [6.45, 7) is 12.9. The second kappa shape index (κ2) is 7.25. The van der Waals surface area contributed by atoms with Crippen molar-refractivity contribution in [3.63, 3.8) is 0 Å². The third-order valence-electron chi connectivity index (χ3n) is 3.70. The van der Waals surface area contributed by atoms with Crippen LogP contribution < -0.4 is 5.32 Å². The van der Waals surface area contributed by atoms with E-state index in [2.05, 4.69) is 42.9 Å². The molecule has 0 aromatic heterocycles. The van der Waals surface area contributed by atoms with Crippen molar-refractivity contribution < 1.29 is 0 Å². The Kier molecular flexibility index (Phi) is 6.32. The molecule has 16 heavy (non-hydrogen) atoms. The molecule has 0 amide bonds. The Morgan fingerprint density at radius 2 is 2.06 bits per heavy atom. The summed E-state index contributed by atoms with van der Waals surface area (Å²) in [7, 11) is 2.23. The molecule has 0 aromatic carbocycles. The molecule has 1 fully saturated rings. The molecule has 1 saturated heterocycles. The average Bonchev–Trinajstić information content (AvgIpc) is 2.29. The number of nitrogens with zero attached hydrogens (tertiary/aromatic N) is 2. The van der Waals surface area contributed by atoms with Crippen LogP contribution in [0, 0.1) is 0 Å². The summed E-state index contributed by atoms with van der Waals surface area (Å²) < 4.78 is 0. The molecule has 3 heteroatoms. The first-order valence-electron chi connectivity index (χ1n) is 6.83. The van der Waals surface area contributed by atoms with Crippen molar-refractivity contribution in [2.75, 3.05) is 39.8 Å². The minimum Gasteiger partial charge on any atom is -0.313 e. The van der Waals surface area contributed by atoms with E-state index in [0.717, 1.165) is 6.54 Å². The lowest BCUT2D eigenvalue weighted by Crippen LogP contribution is -2.53. The van der Waals surface area contributed by atoms with Crippen LogP contribution in [0.5, 0.6) is 0 Å². The van der Waals surface area contributed by atoms with Crippen molar-refractivity contribution >= 4 is 0 Å². The summed E-state index contributed by atoms with van der Waals surface area (Å²) in [6, 6.07) is 1.38. The fourth-order valence-electron chi connectivity index (χ4n) is 2.29. The number of piperazine rings is 1. The Balaban J connectivity index is 2.29. The highest BCUT2D eigenvalue weighted by Gasteiger charge is 2.22. The molecule has 1 N–H and O–H groups in total. The van der Waals surface area contributed by atoms with Gasteiger partial charge in [0, 0.05) is 38.3 Å². The van der Waals surface area contributed by atoms with Crippen LogP contribution in [0.4, 0.5) is 0 Å². The molecule has 0 aromatic rings. The predicted octanol–water partition coefficient (Wildman–Crippen LogP) is 1.40. The molecular formula is C13H29N3. The third kappa shape index (κ3) is 4.40. The van der Waals surface area contributed by atoms with Gasteiger partial charge in [-0.15, -0.1) is 0 Å². The predicted molar refractivity (Wildman–Crippen MR) is 70.9 cm³/mol. The number of hydrogen-bond acceptors (Lipinski definition) is 3. The maximum atomic E-state index is 3.64. The van der Waals surface area contributed by atoms with Crippen LogP contribution in [0.15, 0.2) is 0 Å². The molecule has 0 radical (unpaired) electrons. The van der Waals surface area contributed by atoms with Crippen LogP contribution in [0.2, 0.25) is 0 Å². The van der Waals surface area contributed by atoms with Crippen LogP contribution in [0.3, 0.4) is 0 Å². The number of rotatable bonds is 6. The molecule has 2 unspecified atom stereocenters. The molecule has 1 heterocycles. The molecule has 0 saturated carbocycles. The van der Waals surface area contributed by atoms with Crippen LogP contribution in [-0.2, 0) is 0 Å². The quantitative estimate of drug-likeness (QED) is 0.740. The van der Waals surface area contributed by atoms with Gasteiger partial charge in [0.05, 0.1) is 0 Å². The Hall–Kier alpha value is -0.120. The van der Waals surface area contributed by atoms with Crippen molar-refractivity contribution in [1.29, 1.82) is 0 Å². The summed E-state index contributed by atoms with van der Waals surface area (Å²) in [4.78, 5) is 5.07. The molecular weight excluding hydrogens is 198 g/mol. The molecule has 1 aliphatic heterocycles. The topological polar surface area (TPSA) is 18.5 Å². The van der Waals surface area contributed by atoms with Crippen LogP contribution in [0.25, 0.3) is 0 Å². The zero-order valence-electron chi connectivity index (χ0n) is 11.5. The van der Waals surface area contributed by atoms with Gasteiger partial charge in [0.1, 0.15) is 0 Å². The zero-order chi connectivity index (χ0) is 12.0. The second-order valence-electron chi connectivity index (χ2n) is 5.15. The smallest absolute Gasteiger partial charge is 0.0192 e. The van der Waals surface area contributed by atoms with Gasteiger partial charge in [-0.2, -0.15) is 0 Å². The van der Waals surface area contributed by atoms with Crippen LogP contribution >= 0.6 is 0 Å². The Bertz CT molecular complexity index is 184. The summed E-state index contributed by atoms with van der Waals surface area (Å²) in [6.07, 6.45) is 2.47. The van der Waals surface area contributed by atoms with Crippen molar-refractivity contribution in [2.24, 2.45) is 0 Å². The molecule has 2 atom stereocenters. The van der Waals surface area contributed by atoms with Gasteiger partial charge in [-0.25, -0.2) is 0 Å². The lowest BCUT2D eigenvalue weighted by atomic mass is 10.1. The summed E-state index contributed by atoms with van der Waals surface area (Å²) in [5.41, 5.74) is 0. The van der Waals surface area contributed by atoms with E-state index in [1.54, 1.807) is 0 Å². The molecule has 0 spiro atoms. The highest BCUT2D eigenvalue weighted by Crippen LogP contribution is 2.08. The minimum atomic E-state index is 0.676. The van der Waals surface area contributed by atoms with Crippen molar-refractivity contribution in [3.8, 4) is 0 Å². The zero-order valence-corrected chi connectivity index (χ0v) is 11.5. The first-order chi connectivity index (χ1) is 7.67. The van der Waals surface area contributed by atoms with E-state index < -0.39 is 0 Å². The lowest BCUT2D eigenvalue weighted by molar-refractivity contribution is 0.0965. The largest absolute Gasteiger partial charge is 0.313 e. The average molecular weight is 227 g/mol. The fraction of sp³-hybridized carbons (Fsp3) is 1.00. The second-order valence-corrected chi connectivity index (χ2v) is 5.15. The molecule has 0 aliphatic carbocycles. The minimum absolute atomic E-state index is 0.676. The van der Waals surface area contributed by atoms with E-state index in [1.165, 1.54) is 39.0 Å². The van der Waals surface area contributed by atoms with Gasteiger partial charge >= 0.3 is 0 Å². The highest BCUT2D eigenvalue weighted by atomic mass is 15.3. The Morgan fingerprint density at radius 3 is 2.62 bits per heavy atom. The summed E-state index contributed by atoms with van der Waals surface area (Å²) >= 11 is 0. The van der Waals surface area contributed by atoms with E-state index in [0.29, 0.717) is 12.1 Å². The van der Waals surface area contributed by atoms with E-state index in [-0.39, 0.29) is 0 Å². The van der Waals surface area contributed by atoms with Gasteiger partial charge in [0.25, 0.3) is 0 Å². The Labute approximate surface area is 101 Å². The molecule has 1 rings (SSSR count). The molecule has 1 aliphatic rings. The van der Waals surface area contributed by atoms with E-state index in [4.69, 9.17) is 0 Å². The third-order valence-corrected chi connectivity index (χ3v) is 3.70. The van der Waals surface area contributed by atoms with Crippen LogP contribution in [-0.4, -0.2) is 61.7 Å². The lowest BCUT2D eigenvalue weighted by Gasteiger charge is -2.39. The molecule has 96 valence electrons. The standard InChI is InChI=1S/C13H29N3/c1-5-7-14-13(6-2)11-16-9-8-15(4)12(3)10-16/h12-14H,5-11H2,1-4H3. The van der Waals surface area contributed by atoms with E-state index >= 15 is 0 Å². The van der Waals surface area contributed by atoms with Crippen LogP contribution in [0.1, 0.15) is 33.6 Å². The first-order valence-corrected chi connectivity index (χ1v) is 6.83. The van der Waals surface area contributed by atoms with Gasteiger partial charge < -0.3 is 10.2 Å². The van der Waals surface area contributed by atoms with E-state index in [9.17, 15) is 0 Å². The number of likely N-dealkylation sites (N-methyl/N-ethyl adjacent to an activating group) is 1. The first kappa shape index (κ1) is 13.9. The molecule has 3 nitrogen and oxygen atoms in total. The fourth-order valence-corrected chi connectivity index (χ4v) is 2.29. The summed E-state index contributed by atoms with van der Waals surface area (Å²) in [5.74, 6) is 0. The molecule has 0 bridgehead atoms. The van der Waals surface area contributed by atoms with Gasteiger partial charge in [-0.1, -0.05) is 13.8 Å². The number of nitrogens with one attached hydrogen (secondary N) is 1. The number of hydrogen-bond donors (Lipinski definition) is 1. The maximum absolute atomic E-state index is 3.64. The SMILES string of the molecule is CCCNC(CC)CN1CCN(C)C(C)C1. The normalized spacial score (nSPS) is 25.9.